The van der Waals surface area contributed by atoms with E-state index >= 15 is 0 Å². The van der Waals surface area contributed by atoms with Gasteiger partial charge in [-0.3, -0.25) is 9.59 Å². The van der Waals surface area contributed by atoms with Crippen LogP contribution in [0.15, 0.2) is 66.2 Å². The highest BCUT2D eigenvalue weighted by Crippen LogP contribution is 2.31. The number of nitrogens with one attached hydrogen (secondary N) is 2. The van der Waals surface area contributed by atoms with Gasteiger partial charge in [-0.2, -0.15) is 5.10 Å². The number of benzene rings is 2. The number of H-pyrrole nitrogens is 1. The summed E-state index contributed by atoms with van der Waals surface area (Å²) in [5.41, 5.74) is 4.63. The van der Waals surface area contributed by atoms with Crippen LogP contribution in [0.2, 0.25) is 0 Å². The summed E-state index contributed by atoms with van der Waals surface area (Å²) >= 11 is 1.51. The molecule has 192 valence electrons. The average molecular weight is 526 g/mol. The molecule has 10 heteroatoms. The Labute approximate surface area is 223 Å². The lowest BCUT2D eigenvalue weighted by atomic mass is 9.97. The maximum Gasteiger partial charge on any atom is 0.271 e. The molecule has 0 saturated carbocycles. The second-order valence-corrected chi connectivity index (χ2v) is 10.3. The zero-order chi connectivity index (χ0) is 26.1. The standard InChI is InChI=1S/C28H27N7O2S/c1-18-21(15-30-35(18)20-7-3-2-4-8-20)28(37)34-13-11-19(12-14-34)27-33-24(17-38-27)26(36)29-16-25-31-22-9-5-6-10-23(22)32-25/h2-10,15,17,19H,11-14,16H2,1H3,(H,29,36)(H,31,32). The summed E-state index contributed by atoms with van der Waals surface area (Å²) < 4.78 is 1.80. The van der Waals surface area contributed by atoms with Crippen molar-refractivity contribution >= 4 is 34.2 Å². The number of piperidine rings is 1. The summed E-state index contributed by atoms with van der Waals surface area (Å²) in [5, 5.41) is 10.1. The van der Waals surface area contributed by atoms with Crippen LogP contribution in [-0.4, -0.2) is 54.5 Å². The molecule has 0 radical (unpaired) electrons. The van der Waals surface area contributed by atoms with Crippen molar-refractivity contribution in [3.63, 3.8) is 0 Å². The van der Waals surface area contributed by atoms with Crippen molar-refractivity contribution in [2.24, 2.45) is 0 Å². The van der Waals surface area contributed by atoms with E-state index in [1.807, 2.05) is 71.8 Å². The minimum absolute atomic E-state index is 0.00734. The molecule has 2 amide bonds. The van der Waals surface area contributed by atoms with Gasteiger partial charge in [0, 0.05) is 24.4 Å². The normalized spacial score (nSPS) is 14.2. The fraction of sp³-hybridized carbons (Fsp3) is 0.250. The number of amides is 2. The molecule has 0 spiro atoms. The van der Waals surface area contributed by atoms with Crippen LogP contribution in [-0.2, 0) is 6.54 Å². The third-order valence-corrected chi connectivity index (χ3v) is 7.99. The van der Waals surface area contributed by atoms with Gasteiger partial charge in [0.15, 0.2) is 0 Å². The molecule has 4 heterocycles. The molecular weight excluding hydrogens is 498 g/mol. The number of fused-ring (bicyclic) bond motifs is 1. The number of rotatable bonds is 6. The SMILES string of the molecule is Cc1c(C(=O)N2CCC(c3nc(C(=O)NCc4nc5ccccc5[nH]4)cs3)CC2)cnn1-c1ccccc1. The van der Waals surface area contributed by atoms with E-state index in [1.165, 1.54) is 11.3 Å². The van der Waals surface area contributed by atoms with Crippen LogP contribution in [0.3, 0.4) is 0 Å². The van der Waals surface area contributed by atoms with Gasteiger partial charge in [0.25, 0.3) is 11.8 Å². The van der Waals surface area contributed by atoms with Gasteiger partial charge in [-0.15, -0.1) is 11.3 Å². The van der Waals surface area contributed by atoms with Crippen molar-refractivity contribution in [2.75, 3.05) is 13.1 Å². The van der Waals surface area contributed by atoms with Crippen molar-refractivity contribution in [3.8, 4) is 5.69 Å². The van der Waals surface area contributed by atoms with Gasteiger partial charge in [0.2, 0.25) is 0 Å². The molecule has 1 saturated heterocycles. The number of aromatic amines is 1. The van der Waals surface area contributed by atoms with Gasteiger partial charge in [0.05, 0.1) is 45.7 Å². The lowest BCUT2D eigenvalue weighted by molar-refractivity contribution is 0.0712. The fourth-order valence-electron chi connectivity index (χ4n) is 4.87. The smallest absolute Gasteiger partial charge is 0.271 e. The topological polar surface area (TPSA) is 109 Å². The van der Waals surface area contributed by atoms with Crippen molar-refractivity contribution in [1.82, 2.24) is 34.9 Å². The molecule has 0 aliphatic carbocycles. The Balaban J connectivity index is 1.05. The van der Waals surface area contributed by atoms with E-state index in [2.05, 4.69) is 25.4 Å². The van der Waals surface area contributed by atoms with E-state index in [0.717, 1.165) is 40.3 Å². The first kappa shape index (κ1) is 24.1. The molecule has 6 rings (SSSR count). The maximum absolute atomic E-state index is 13.2. The maximum atomic E-state index is 13.2. The van der Waals surface area contributed by atoms with Crippen molar-refractivity contribution < 1.29 is 9.59 Å². The molecule has 0 unspecified atom stereocenters. The summed E-state index contributed by atoms with van der Waals surface area (Å²) in [6.07, 6.45) is 3.28. The first-order chi connectivity index (χ1) is 18.6. The van der Waals surface area contributed by atoms with Gasteiger partial charge in [0.1, 0.15) is 11.5 Å². The Hall–Kier alpha value is -4.31. The number of hydrogen-bond donors (Lipinski definition) is 2. The Morgan fingerprint density at radius 1 is 1.05 bits per heavy atom. The molecule has 0 atom stereocenters. The Kier molecular flexibility index (Phi) is 6.47. The van der Waals surface area contributed by atoms with Gasteiger partial charge in [-0.25, -0.2) is 14.6 Å². The highest BCUT2D eigenvalue weighted by atomic mass is 32.1. The summed E-state index contributed by atoms with van der Waals surface area (Å²) in [7, 11) is 0. The van der Waals surface area contributed by atoms with Crippen molar-refractivity contribution in [1.29, 1.82) is 0 Å². The highest BCUT2D eigenvalue weighted by molar-refractivity contribution is 7.09. The highest BCUT2D eigenvalue weighted by Gasteiger charge is 2.28. The van der Waals surface area contributed by atoms with Crippen LogP contribution in [0, 0.1) is 6.92 Å². The number of hydrogen-bond acceptors (Lipinski definition) is 6. The number of carbonyl (C=O) groups excluding carboxylic acids is 2. The predicted molar refractivity (Wildman–Crippen MR) is 146 cm³/mol. The Morgan fingerprint density at radius 2 is 1.82 bits per heavy atom. The second-order valence-electron chi connectivity index (χ2n) is 9.41. The summed E-state index contributed by atoms with van der Waals surface area (Å²) in [5.74, 6) is 0.727. The van der Waals surface area contributed by atoms with Crippen LogP contribution in [0.1, 0.15) is 56.1 Å². The Morgan fingerprint density at radius 3 is 2.61 bits per heavy atom. The van der Waals surface area contributed by atoms with E-state index in [4.69, 9.17) is 0 Å². The lowest BCUT2D eigenvalue weighted by Gasteiger charge is -2.31. The van der Waals surface area contributed by atoms with Crippen LogP contribution >= 0.6 is 11.3 Å². The number of imidazole rings is 1. The van der Waals surface area contributed by atoms with Gasteiger partial charge < -0.3 is 15.2 Å². The number of thiazole rings is 1. The summed E-state index contributed by atoms with van der Waals surface area (Å²) in [4.78, 5) is 40.2. The molecule has 5 aromatic rings. The first-order valence-electron chi connectivity index (χ1n) is 12.6. The Bertz CT molecular complexity index is 1560. The molecule has 2 aromatic carbocycles. The quantitative estimate of drug-likeness (QED) is 0.340. The fourth-order valence-corrected chi connectivity index (χ4v) is 5.84. The molecule has 3 aromatic heterocycles. The third-order valence-electron chi connectivity index (χ3n) is 6.98. The molecule has 9 nitrogen and oxygen atoms in total. The zero-order valence-corrected chi connectivity index (χ0v) is 21.7. The number of likely N-dealkylation sites (tertiary alicyclic amines) is 1. The molecule has 1 aliphatic rings. The van der Waals surface area contributed by atoms with Crippen molar-refractivity contribution in [2.45, 2.75) is 32.2 Å². The number of nitrogens with zero attached hydrogens (tertiary/aromatic N) is 5. The van der Waals surface area contributed by atoms with E-state index in [0.29, 0.717) is 36.7 Å². The number of aromatic nitrogens is 5. The van der Waals surface area contributed by atoms with Crippen LogP contribution < -0.4 is 5.32 Å². The first-order valence-corrected chi connectivity index (χ1v) is 13.5. The van der Waals surface area contributed by atoms with Crippen LogP contribution in [0.5, 0.6) is 0 Å². The molecule has 1 fully saturated rings. The monoisotopic (exact) mass is 525 g/mol. The van der Waals surface area contributed by atoms with Gasteiger partial charge in [-0.1, -0.05) is 30.3 Å². The number of carbonyl (C=O) groups is 2. The zero-order valence-electron chi connectivity index (χ0n) is 20.9. The second kappa shape index (κ2) is 10.2. The van der Waals surface area contributed by atoms with E-state index in [9.17, 15) is 9.59 Å². The molecule has 1 aliphatic heterocycles. The van der Waals surface area contributed by atoms with E-state index in [-0.39, 0.29) is 17.7 Å². The van der Waals surface area contributed by atoms with Gasteiger partial charge >= 0.3 is 0 Å². The van der Waals surface area contributed by atoms with Crippen LogP contribution in [0.25, 0.3) is 16.7 Å². The van der Waals surface area contributed by atoms with E-state index < -0.39 is 0 Å². The number of para-hydroxylation sites is 3. The van der Waals surface area contributed by atoms with Crippen molar-refractivity contribution in [3.05, 3.63) is 94.0 Å². The third kappa shape index (κ3) is 4.70. The molecule has 38 heavy (non-hydrogen) atoms. The molecule has 0 bridgehead atoms. The largest absolute Gasteiger partial charge is 0.343 e. The lowest BCUT2D eigenvalue weighted by Crippen LogP contribution is -2.38. The molecule has 2 N–H and O–H groups in total. The minimum Gasteiger partial charge on any atom is -0.343 e. The predicted octanol–water partition coefficient (Wildman–Crippen LogP) is 4.46. The van der Waals surface area contributed by atoms with Crippen LogP contribution in [0.4, 0.5) is 0 Å². The summed E-state index contributed by atoms with van der Waals surface area (Å²) in [6, 6.07) is 17.6. The molecular formula is C28H27N7O2S. The minimum atomic E-state index is -0.216. The van der Waals surface area contributed by atoms with Gasteiger partial charge in [-0.05, 0) is 44.0 Å². The summed E-state index contributed by atoms with van der Waals surface area (Å²) in [6.45, 7) is 3.52. The average Bonchev–Trinajstić information content (AvgIpc) is 3.70. The van der Waals surface area contributed by atoms with E-state index in [1.54, 1.807) is 10.9 Å².